The standard InChI is InChI=1S/C20H27F3N2O3/c1-5-24(18(27)28-19(2,3)4)15-11-12-25(17(26)20(21,22)23)16(13-15)14-9-7-6-8-10-14/h6-10,15-16H,5,11-13H2,1-4H3/t15?,16-/m0/s1. The van der Waals surface area contributed by atoms with E-state index in [1.165, 1.54) is 4.90 Å². The van der Waals surface area contributed by atoms with Crippen LogP contribution in [-0.2, 0) is 9.53 Å². The molecule has 1 aliphatic heterocycles. The average molecular weight is 400 g/mol. The molecule has 28 heavy (non-hydrogen) atoms. The molecule has 5 nitrogen and oxygen atoms in total. The number of amides is 2. The predicted octanol–water partition coefficient (Wildman–Crippen LogP) is 4.54. The van der Waals surface area contributed by atoms with Crippen molar-refractivity contribution in [2.75, 3.05) is 13.1 Å². The highest BCUT2D eigenvalue weighted by Gasteiger charge is 2.47. The second-order valence-electron chi connectivity index (χ2n) is 7.87. The van der Waals surface area contributed by atoms with Crippen LogP contribution in [0.4, 0.5) is 18.0 Å². The van der Waals surface area contributed by atoms with Crippen molar-refractivity contribution in [1.29, 1.82) is 0 Å². The summed E-state index contributed by atoms with van der Waals surface area (Å²) in [5.74, 6) is -1.85. The number of alkyl halides is 3. The van der Waals surface area contributed by atoms with Gasteiger partial charge in [-0.1, -0.05) is 30.3 Å². The zero-order valence-electron chi connectivity index (χ0n) is 16.6. The Balaban J connectivity index is 2.28. The number of ether oxygens (including phenoxy) is 1. The minimum atomic E-state index is -4.94. The molecule has 0 aliphatic carbocycles. The first kappa shape index (κ1) is 22.0. The quantitative estimate of drug-likeness (QED) is 0.749. The number of halogens is 3. The van der Waals surface area contributed by atoms with Gasteiger partial charge in [0, 0.05) is 19.1 Å². The first-order chi connectivity index (χ1) is 12.9. The van der Waals surface area contributed by atoms with E-state index in [1.807, 2.05) is 0 Å². The molecule has 1 heterocycles. The lowest BCUT2D eigenvalue weighted by atomic mass is 9.90. The van der Waals surface area contributed by atoms with Gasteiger partial charge in [-0.2, -0.15) is 13.2 Å². The number of nitrogens with zero attached hydrogens (tertiary/aromatic N) is 2. The Kier molecular flexibility index (Phi) is 6.62. The number of carbonyl (C=O) groups is 2. The zero-order chi connectivity index (χ0) is 21.1. The highest BCUT2D eigenvalue weighted by molar-refractivity contribution is 5.82. The van der Waals surface area contributed by atoms with Crippen molar-refractivity contribution in [3.8, 4) is 0 Å². The van der Waals surface area contributed by atoms with E-state index >= 15 is 0 Å². The number of hydrogen-bond donors (Lipinski definition) is 0. The highest BCUT2D eigenvalue weighted by atomic mass is 19.4. The van der Waals surface area contributed by atoms with Crippen molar-refractivity contribution in [3.63, 3.8) is 0 Å². The lowest BCUT2D eigenvalue weighted by Crippen LogP contribution is -2.53. The molecule has 1 saturated heterocycles. The molecule has 8 heteroatoms. The molecule has 0 aromatic heterocycles. The molecule has 0 radical (unpaired) electrons. The minimum Gasteiger partial charge on any atom is -0.444 e. The average Bonchev–Trinajstić information content (AvgIpc) is 2.60. The van der Waals surface area contributed by atoms with Gasteiger partial charge in [-0.05, 0) is 46.1 Å². The number of hydrogen-bond acceptors (Lipinski definition) is 3. The fourth-order valence-electron chi connectivity index (χ4n) is 3.48. The van der Waals surface area contributed by atoms with E-state index in [0.717, 1.165) is 4.90 Å². The lowest BCUT2D eigenvalue weighted by molar-refractivity contribution is -0.190. The van der Waals surface area contributed by atoms with E-state index < -0.39 is 29.8 Å². The predicted molar refractivity (Wildman–Crippen MR) is 98.6 cm³/mol. The fraction of sp³-hybridized carbons (Fsp3) is 0.600. The molecule has 1 fully saturated rings. The van der Waals surface area contributed by atoms with Gasteiger partial charge >= 0.3 is 18.2 Å². The van der Waals surface area contributed by atoms with Gasteiger partial charge in [0.05, 0.1) is 6.04 Å². The summed E-state index contributed by atoms with van der Waals surface area (Å²) in [5.41, 5.74) is -0.0546. The van der Waals surface area contributed by atoms with Crippen LogP contribution in [0.3, 0.4) is 0 Å². The first-order valence-electron chi connectivity index (χ1n) is 9.36. The van der Waals surface area contributed by atoms with Crippen molar-refractivity contribution >= 4 is 12.0 Å². The van der Waals surface area contributed by atoms with Crippen LogP contribution in [0.15, 0.2) is 30.3 Å². The van der Waals surface area contributed by atoms with Crippen molar-refractivity contribution < 1.29 is 27.5 Å². The maximum atomic E-state index is 13.1. The molecule has 1 aromatic carbocycles. The van der Waals surface area contributed by atoms with Crippen LogP contribution >= 0.6 is 0 Å². The Morgan fingerprint density at radius 1 is 1.18 bits per heavy atom. The third-order valence-electron chi connectivity index (χ3n) is 4.67. The second-order valence-corrected chi connectivity index (χ2v) is 7.87. The largest absolute Gasteiger partial charge is 0.471 e. The third kappa shape index (κ3) is 5.39. The van der Waals surface area contributed by atoms with Gasteiger partial charge in [0.15, 0.2) is 0 Å². The molecule has 1 aromatic rings. The zero-order valence-corrected chi connectivity index (χ0v) is 16.6. The molecule has 0 saturated carbocycles. The van der Waals surface area contributed by atoms with Gasteiger partial charge in [-0.3, -0.25) is 4.79 Å². The molecular weight excluding hydrogens is 373 g/mol. The van der Waals surface area contributed by atoms with Crippen molar-refractivity contribution in [2.45, 2.75) is 64.4 Å². The van der Waals surface area contributed by atoms with Crippen molar-refractivity contribution in [2.24, 2.45) is 0 Å². The number of rotatable bonds is 3. The second kappa shape index (κ2) is 8.41. The number of piperidine rings is 1. The van der Waals surface area contributed by atoms with Crippen LogP contribution in [0.1, 0.15) is 52.1 Å². The molecular formula is C20H27F3N2O3. The summed E-state index contributed by atoms with van der Waals surface area (Å²) < 4.78 is 44.7. The van der Waals surface area contributed by atoms with Gasteiger partial charge in [0.25, 0.3) is 0 Å². The summed E-state index contributed by atoms with van der Waals surface area (Å²) in [7, 11) is 0. The van der Waals surface area contributed by atoms with Gasteiger partial charge in [-0.25, -0.2) is 4.79 Å². The van der Waals surface area contributed by atoms with Crippen molar-refractivity contribution in [3.05, 3.63) is 35.9 Å². The summed E-state index contributed by atoms with van der Waals surface area (Å²) in [6.45, 7) is 7.37. The van der Waals surface area contributed by atoms with E-state index in [2.05, 4.69) is 0 Å². The Hall–Kier alpha value is -2.25. The Bertz CT molecular complexity index is 686. The SMILES string of the molecule is CCN(C(=O)OC(C)(C)C)C1CCN(C(=O)C(F)(F)F)[C@H](c2ccccc2)C1. The van der Waals surface area contributed by atoms with E-state index in [9.17, 15) is 22.8 Å². The molecule has 1 aliphatic rings. The van der Waals surface area contributed by atoms with E-state index in [0.29, 0.717) is 12.1 Å². The van der Waals surface area contributed by atoms with Crippen LogP contribution in [0.5, 0.6) is 0 Å². The Morgan fingerprint density at radius 3 is 2.29 bits per heavy atom. The van der Waals surface area contributed by atoms with E-state index in [1.54, 1.807) is 58.0 Å². The molecule has 2 atom stereocenters. The monoisotopic (exact) mass is 400 g/mol. The molecule has 0 bridgehead atoms. The molecule has 0 N–H and O–H groups in total. The topological polar surface area (TPSA) is 49.9 Å². The van der Waals surface area contributed by atoms with Crippen LogP contribution in [0.25, 0.3) is 0 Å². The molecule has 0 spiro atoms. The summed E-state index contributed by atoms with van der Waals surface area (Å²) in [5, 5.41) is 0. The number of likely N-dealkylation sites (tertiary alicyclic amines) is 1. The summed E-state index contributed by atoms with van der Waals surface area (Å²) in [4.78, 5) is 26.9. The Labute approximate surface area is 163 Å². The molecule has 2 amide bonds. The molecule has 2 rings (SSSR count). The maximum Gasteiger partial charge on any atom is 0.471 e. The summed E-state index contributed by atoms with van der Waals surface area (Å²) in [6.07, 6.45) is -4.95. The van der Waals surface area contributed by atoms with Crippen LogP contribution in [0, 0.1) is 0 Å². The highest BCUT2D eigenvalue weighted by Crippen LogP contribution is 2.36. The number of benzene rings is 1. The van der Waals surface area contributed by atoms with Gasteiger partial charge < -0.3 is 14.5 Å². The van der Waals surface area contributed by atoms with Gasteiger partial charge in [0.1, 0.15) is 5.60 Å². The summed E-state index contributed by atoms with van der Waals surface area (Å²) >= 11 is 0. The number of carbonyl (C=O) groups excluding carboxylic acids is 2. The smallest absolute Gasteiger partial charge is 0.444 e. The van der Waals surface area contributed by atoms with E-state index in [-0.39, 0.29) is 25.4 Å². The Morgan fingerprint density at radius 2 is 1.79 bits per heavy atom. The van der Waals surface area contributed by atoms with Crippen LogP contribution in [0.2, 0.25) is 0 Å². The maximum absolute atomic E-state index is 13.1. The van der Waals surface area contributed by atoms with Gasteiger partial charge in [-0.15, -0.1) is 0 Å². The van der Waals surface area contributed by atoms with Crippen molar-refractivity contribution in [1.82, 2.24) is 9.80 Å². The van der Waals surface area contributed by atoms with Gasteiger partial charge in [0.2, 0.25) is 0 Å². The first-order valence-corrected chi connectivity index (χ1v) is 9.36. The lowest BCUT2D eigenvalue weighted by Gasteiger charge is -2.43. The summed E-state index contributed by atoms with van der Waals surface area (Å²) in [6, 6.07) is 7.54. The van der Waals surface area contributed by atoms with Crippen LogP contribution < -0.4 is 0 Å². The third-order valence-corrected chi connectivity index (χ3v) is 4.67. The minimum absolute atomic E-state index is 0.0815. The van der Waals surface area contributed by atoms with Crippen LogP contribution in [-0.4, -0.2) is 52.7 Å². The normalized spacial score (nSPS) is 20.6. The fourth-order valence-corrected chi connectivity index (χ4v) is 3.48. The van der Waals surface area contributed by atoms with E-state index in [4.69, 9.17) is 4.74 Å². The molecule has 1 unspecified atom stereocenters. The molecule has 156 valence electrons.